The minimum absolute atomic E-state index is 0.217. The number of nitrogens with zero attached hydrogens (tertiary/aromatic N) is 4. The van der Waals surface area contributed by atoms with Gasteiger partial charge in [-0.25, -0.2) is 8.78 Å². The van der Waals surface area contributed by atoms with Crippen LogP contribution >= 0.6 is 0 Å². The molecule has 0 spiro atoms. The van der Waals surface area contributed by atoms with Crippen LogP contribution in [0, 0.1) is 44.2 Å². The largest absolute Gasteiger partial charge is 0.360 e. The Morgan fingerprint density at radius 1 is 0.681 bits per heavy atom. The van der Waals surface area contributed by atoms with Crippen LogP contribution in [0.15, 0.2) is 55.0 Å². The first-order valence-electron chi connectivity index (χ1n) is 16.9. The maximum absolute atomic E-state index is 13.4. The number of halogens is 2. The lowest BCUT2D eigenvalue weighted by atomic mass is 9.98. The SMILES string of the molecule is Cc1nn(CC2CCNCC2)c(C)c1-c1c[nH]c2cc(F)ccc12.Cc1nn(CC2CCNCC2)cc1-c1c[nH]c2cc(F)ccc12. The van der Waals surface area contributed by atoms with Crippen molar-refractivity contribution >= 4 is 21.8 Å². The molecule has 0 atom stereocenters. The van der Waals surface area contributed by atoms with E-state index >= 15 is 0 Å². The molecule has 0 saturated carbocycles. The summed E-state index contributed by atoms with van der Waals surface area (Å²) in [6.07, 6.45) is 10.9. The van der Waals surface area contributed by atoms with Crippen molar-refractivity contribution < 1.29 is 8.78 Å². The number of fused-ring (bicyclic) bond motifs is 2. The van der Waals surface area contributed by atoms with Gasteiger partial charge >= 0.3 is 0 Å². The molecular weight excluding hydrogens is 594 g/mol. The molecule has 0 unspecified atom stereocenters. The molecule has 4 aromatic heterocycles. The highest BCUT2D eigenvalue weighted by atomic mass is 19.1. The lowest BCUT2D eigenvalue weighted by molar-refractivity contribution is 0.318. The average Bonchev–Trinajstić information content (AvgIpc) is 3.83. The molecule has 4 N–H and O–H groups in total. The van der Waals surface area contributed by atoms with Crippen molar-refractivity contribution in [2.75, 3.05) is 26.2 Å². The van der Waals surface area contributed by atoms with Crippen molar-refractivity contribution in [3.63, 3.8) is 0 Å². The molecule has 6 heterocycles. The van der Waals surface area contributed by atoms with E-state index in [0.29, 0.717) is 11.8 Å². The van der Waals surface area contributed by atoms with Crippen molar-refractivity contribution in [2.45, 2.75) is 59.5 Å². The normalized spacial score (nSPS) is 16.2. The summed E-state index contributed by atoms with van der Waals surface area (Å²) in [5.74, 6) is 0.949. The number of aromatic nitrogens is 6. The molecule has 0 radical (unpaired) electrons. The van der Waals surface area contributed by atoms with E-state index in [4.69, 9.17) is 10.2 Å². The van der Waals surface area contributed by atoms with E-state index in [2.05, 4.69) is 50.0 Å². The second-order valence-corrected chi connectivity index (χ2v) is 13.2. The van der Waals surface area contributed by atoms with Gasteiger partial charge in [0.2, 0.25) is 0 Å². The van der Waals surface area contributed by atoms with Crippen LogP contribution in [0.1, 0.15) is 42.8 Å². The zero-order chi connectivity index (χ0) is 32.5. The monoisotopic (exact) mass is 638 g/mol. The molecule has 8 rings (SSSR count). The maximum Gasteiger partial charge on any atom is 0.125 e. The number of aryl methyl sites for hydroxylation is 2. The quantitative estimate of drug-likeness (QED) is 0.155. The summed E-state index contributed by atoms with van der Waals surface area (Å²) in [6.45, 7) is 12.6. The van der Waals surface area contributed by atoms with Crippen LogP contribution in [-0.2, 0) is 13.1 Å². The summed E-state index contributed by atoms with van der Waals surface area (Å²) < 4.78 is 31.0. The lowest BCUT2D eigenvalue weighted by Gasteiger charge is -2.23. The first-order valence-corrected chi connectivity index (χ1v) is 16.9. The van der Waals surface area contributed by atoms with Gasteiger partial charge in [0.1, 0.15) is 11.6 Å². The molecule has 0 aliphatic carbocycles. The van der Waals surface area contributed by atoms with Crippen LogP contribution in [0.3, 0.4) is 0 Å². The number of aromatic amines is 2. The second kappa shape index (κ2) is 13.4. The lowest BCUT2D eigenvalue weighted by Crippen LogP contribution is -2.30. The van der Waals surface area contributed by atoms with Gasteiger partial charge in [-0.05, 0) is 121 Å². The first-order chi connectivity index (χ1) is 22.8. The molecule has 2 fully saturated rings. The van der Waals surface area contributed by atoms with Crippen LogP contribution in [0.2, 0.25) is 0 Å². The fourth-order valence-electron chi connectivity index (χ4n) is 7.40. The van der Waals surface area contributed by atoms with Crippen molar-refractivity contribution in [2.24, 2.45) is 11.8 Å². The zero-order valence-corrected chi connectivity index (χ0v) is 27.5. The highest BCUT2D eigenvalue weighted by Crippen LogP contribution is 2.34. The Hall–Kier alpha value is -4.28. The maximum atomic E-state index is 13.4. The number of hydrogen-bond donors (Lipinski definition) is 4. The molecule has 0 amide bonds. The van der Waals surface area contributed by atoms with E-state index in [9.17, 15) is 8.78 Å². The van der Waals surface area contributed by atoms with Gasteiger partial charge in [-0.15, -0.1) is 0 Å². The average molecular weight is 639 g/mol. The van der Waals surface area contributed by atoms with Gasteiger partial charge in [0.15, 0.2) is 0 Å². The van der Waals surface area contributed by atoms with Crippen molar-refractivity contribution in [1.82, 2.24) is 40.2 Å². The van der Waals surface area contributed by atoms with Crippen LogP contribution < -0.4 is 10.6 Å². The van der Waals surface area contributed by atoms with Crippen molar-refractivity contribution in [3.05, 3.63) is 83.7 Å². The van der Waals surface area contributed by atoms with Crippen LogP contribution in [0.5, 0.6) is 0 Å². The molecular formula is C37H44F2N8. The van der Waals surface area contributed by atoms with Gasteiger partial charge in [0.05, 0.1) is 11.4 Å². The third-order valence-electron chi connectivity index (χ3n) is 9.97. The zero-order valence-electron chi connectivity index (χ0n) is 27.5. The van der Waals surface area contributed by atoms with Crippen LogP contribution in [0.25, 0.3) is 44.1 Å². The predicted octanol–water partition coefficient (Wildman–Crippen LogP) is 7.27. The highest BCUT2D eigenvalue weighted by molar-refractivity contribution is 5.97. The summed E-state index contributed by atoms with van der Waals surface area (Å²) in [4.78, 5) is 6.35. The Morgan fingerprint density at radius 2 is 1.23 bits per heavy atom. The molecule has 8 nitrogen and oxygen atoms in total. The Bertz CT molecular complexity index is 1980. The number of H-pyrrole nitrogens is 2. The summed E-state index contributed by atoms with van der Waals surface area (Å²) in [5.41, 5.74) is 9.39. The summed E-state index contributed by atoms with van der Waals surface area (Å²) in [5, 5.41) is 18.4. The third kappa shape index (κ3) is 6.62. The number of nitrogens with one attached hydrogen (secondary N) is 4. The molecule has 2 aliphatic rings. The minimum atomic E-state index is -0.218. The summed E-state index contributed by atoms with van der Waals surface area (Å²) in [7, 11) is 0. The minimum Gasteiger partial charge on any atom is -0.360 e. The number of piperidine rings is 2. The van der Waals surface area contributed by atoms with E-state index in [1.54, 1.807) is 6.07 Å². The third-order valence-corrected chi connectivity index (χ3v) is 9.97. The van der Waals surface area contributed by atoms with E-state index in [-0.39, 0.29) is 11.6 Å². The Kier molecular flexibility index (Phi) is 8.96. The molecule has 246 valence electrons. The fourth-order valence-corrected chi connectivity index (χ4v) is 7.40. The van der Waals surface area contributed by atoms with Gasteiger partial charge in [-0.1, -0.05) is 0 Å². The molecule has 2 saturated heterocycles. The Labute approximate surface area is 273 Å². The van der Waals surface area contributed by atoms with Gasteiger partial charge in [-0.2, -0.15) is 10.2 Å². The fraction of sp³-hybridized carbons (Fsp3) is 0.405. The van der Waals surface area contributed by atoms with Gasteiger partial charge in [0.25, 0.3) is 0 Å². The predicted molar refractivity (Wildman–Crippen MR) is 184 cm³/mol. The Balaban J connectivity index is 0.000000150. The van der Waals surface area contributed by atoms with E-state index in [0.717, 1.165) is 89.2 Å². The standard InChI is InChI=1S/C19H23FN4.C18H21FN4/c1-12-19(17-10-22-18-9-15(20)3-4-16(17)18)13(2)24(23-12)11-14-5-7-21-8-6-14;1-12-17(11-23(22-12)10-13-4-6-20-7-5-13)16-9-21-18-8-14(19)2-3-15(16)18/h3-4,9-10,14,21-22H,5-8,11H2,1-2H3;2-3,8-9,11,13,20-21H,4-7,10H2,1H3. The van der Waals surface area contributed by atoms with Gasteiger partial charge < -0.3 is 20.6 Å². The summed E-state index contributed by atoms with van der Waals surface area (Å²) >= 11 is 0. The first kappa shape index (κ1) is 31.3. The van der Waals surface area contributed by atoms with Gasteiger partial charge in [0, 0.05) is 81.4 Å². The molecule has 0 bridgehead atoms. The molecule has 2 aromatic carbocycles. The van der Waals surface area contributed by atoms with Crippen LogP contribution in [0.4, 0.5) is 8.78 Å². The van der Waals surface area contributed by atoms with E-state index in [1.807, 2.05) is 31.5 Å². The van der Waals surface area contributed by atoms with E-state index in [1.165, 1.54) is 55.1 Å². The molecule has 47 heavy (non-hydrogen) atoms. The molecule has 6 aromatic rings. The Morgan fingerprint density at radius 3 is 1.85 bits per heavy atom. The number of hydrogen-bond acceptors (Lipinski definition) is 4. The van der Waals surface area contributed by atoms with Crippen LogP contribution in [-0.4, -0.2) is 55.7 Å². The van der Waals surface area contributed by atoms with Crippen molar-refractivity contribution in [3.8, 4) is 22.3 Å². The number of benzene rings is 2. The summed E-state index contributed by atoms with van der Waals surface area (Å²) in [6, 6.07) is 9.79. The second-order valence-electron chi connectivity index (χ2n) is 13.2. The molecule has 2 aliphatic heterocycles. The molecule has 10 heteroatoms. The number of rotatable bonds is 6. The highest BCUT2D eigenvalue weighted by Gasteiger charge is 2.21. The van der Waals surface area contributed by atoms with Gasteiger partial charge in [-0.3, -0.25) is 9.36 Å². The topological polar surface area (TPSA) is 91.3 Å². The smallest absolute Gasteiger partial charge is 0.125 e. The van der Waals surface area contributed by atoms with E-state index < -0.39 is 0 Å². The van der Waals surface area contributed by atoms with Crippen molar-refractivity contribution in [1.29, 1.82) is 0 Å².